The monoisotopic (exact) mass is 390 g/mol. The summed E-state index contributed by atoms with van der Waals surface area (Å²) in [5.74, 6) is 2.01. The van der Waals surface area contributed by atoms with E-state index >= 15 is 0 Å². The number of guanidine groups is 1. The fourth-order valence-electron chi connectivity index (χ4n) is 7.97. The van der Waals surface area contributed by atoms with Gasteiger partial charge < -0.3 is 21.7 Å². The van der Waals surface area contributed by atoms with Crippen LogP contribution < -0.4 is 11.5 Å². The second-order valence-electron chi connectivity index (χ2n) is 10.6. The molecule has 8 atom stereocenters. The number of aliphatic hydroxyl groups is 2. The maximum absolute atomic E-state index is 12.1. The second kappa shape index (κ2) is 6.98. The maximum atomic E-state index is 12.1. The molecule has 0 amide bonds. The molecule has 0 aromatic carbocycles. The highest BCUT2D eigenvalue weighted by Gasteiger charge is 2.66. The minimum absolute atomic E-state index is 0.0199. The van der Waals surface area contributed by atoms with Crippen molar-refractivity contribution in [1.82, 2.24) is 0 Å². The number of rotatable bonds is 3. The molecule has 6 N–H and O–H groups in total. The SMILES string of the molecule is C[C@]12CCC(O)CC1CC[C@@H]1[C@H]2CC[C@]2(C)C(C/C=N/N=C(N)N)CC[C@@]12O. The summed E-state index contributed by atoms with van der Waals surface area (Å²) in [6.07, 6.45) is 12.0. The molecule has 0 heterocycles. The summed E-state index contributed by atoms with van der Waals surface area (Å²) in [5, 5.41) is 30.0. The average Bonchev–Trinajstić information content (AvgIpc) is 2.90. The molecule has 0 aromatic heterocycles. The molecule has 0 aromatic rings. The molecule has 0 aliphatic heterocycles. The van der Waals surface area contributed by atoms with Crippen LogP contribution in [0.5, 0.6) is 0 Å². The third-order valence-corrected chi connectivity index (χ3v) is 9.66. The number of aliphatic hydroxyl groups excluding tert-OH is 1. The molecular formula is C22H38N4O2. The number of nitrogens with zero attached hydrogens (tertiary/aromatic N) is 2. The highest BCUT2D eigenvalue weighted by molar-refractivity contribution is 5.76. The zero-order chi connectivity index (χ0) is 20.2. The fourth-order valence-corrected chi connectivity index (χ4v) is 7.97. The molecule has 4 rings (SSSR count). The largest absolute Gasteiger partial charge is 0.393 e. The van der Waals surface area contributed by atoms with E-state index in [4.69, 9.17) is 11.5 Å². The Morgan fingerprint density at radius 3 is 2.57 bits per heavy atom. The Bertz CT molecular complexity index is 663. The zero-order valence-corrected chi connectivity index (χ0v) is 17.5. The first-order chi connectivity index (χ1) is 13.2. The number of hydrogen-bond donors (Lipinski definition) is 4. The van der Waals surface area contributed by atoms with Crippen LogP contribution >= 0.6 is 0 Å². The quantitative estimate of drug-likeness (QED) is 0.337. The summed E-state index contributed by atoms with van der Waals surface area (Å²) >= 11 is 0. The van der Waals surface area contributed by atoms with Gasteiger partial charge in [0.2, 0.25) is 5.96 Å². The van der Waals surface area contributed by atoms with Crippen LogP contribution in [0.15, 0.2) is 10.2 Å². The molecule has 158 valence electrons. The summed E-state index contributed by atoms with van der Waals surface area (Å²) in [6, 6.07) is 0. The van der Waals surface area contributed by atoms with Gasteiger partial charge in [0.15, 0.2) is 0 Å². The molecular weight excluding hydrogens is 352 g/mol. The predicted octanol–water partition coefficient (Wildman–Crippen LogP) is 2.77. The minimum Gasteiger partial charge on any atom is -0.393 e. The van der Waals surface area contributed by atoms with Crippen molar-refractivity contribution >= 4 is 12.2 Å². The van der Waals surface area contributed by atoms with Crippen molar-refractivity contribution in [1.29, 1.82) is 0 Å². The van der Waals surface area contributed by atoms with Gasteiger partial charge in [0.1, 0.15) is 0 Å². The molecule has 28 heavy (non-hydrogen) atoms. The molecule has 6 heteroatoms. The van der Waals surface area contributed by atoms with Gasteiger partial charge in [0.25, 0.3) is 0 Å². The van der Waals surface area contributed by atoms with Gasteiger partial charge in [-0.2, -0.15) is 5.10 Å². The Morgan fingerprint density at radius 2 is 1.82 bits per heavy atom. The van der Waals surface area contributed by atoms with Gasteiger partial charge in [-0.05, 0) is 98.7 Å². The van der Waals surface area contributed by atoms with E-state index in [1.807, 2.05) is 6.21 Å². The Balaban J connectivity index is 1.55. The van der Waals surface area contributed by atoms with Crippen molar-refractivity contribution in [3.63, 3.8) is 0 Å². The molecule has 4 saturated carbocycles. The third-order valence-electron chi connectivity index (χ3n) is 9.66. The smallest absolute Gasteiger partial charge is 0.211 e. The van der Waals surface area contributed by atoms with Crippen molar-refractivity contribution in [3.8, 4) is 0 Å². The lowest BCUT2D eigenvalue weighted by molar-refractivity contribution is -0.209. The molecule has 6 nitrogen and oxygen atoms in total. The van der Waals surface area contributed by atoms with E-state index in [0.717, 1.165) is 57.8 Å². The first-order valence-corrected chi connectivity index (χ1v) is 11.2. The molecule has 4 aliphatic rings. The molecule has 0 spiro atoms. The Morgan fingerprint density at radius 1 is 1.04 bits per heavy atom. The lowest BCUT2D eigenvalue weighted by Gasteiger charge is -2.63. The first kappa shape index (κ1) is 20.1. The van der Waals surface area contributed by atoms with Crippen LogP contribution in [0, 0.1) is 34.5 Å². The van der Waals surface area contributed by atoms with Crippen LogP contribution in [0.2, 0.25) is 0 Å². The lowest BCUT2D eigenvalue weighted by Crippen LogP contribution is -2.62. The van der Waals surface area contributed by atoms with Crippen LogP contribution in [0.3, 0.4) is 0 Å². The van der Waals surface area contributed by atoms with Crippen LogP contribution in [0.25, 0.3) is 0 Å². The van der Waals surface area contributed by atoms with Crippen molar-refractivity contribution in [2.24, 2.45) is 56.2 Å². The fraction of sp³-hybridized carbons (Fsp3) is 0.909. The number of hydrogen-bond acceptors (Lipinski definition) is 4. The van der Waals surface area contributed by atoms with E-state index in [0.29, 0.717) is 23.7 Å². The van der Waals surface area contributed by atoms with Gasteiger partial charge in [-0.3, -0.25) is 0 Å². The van der Waals surface area contributed by atoms with E-state index in [2.05, 4.69) is 24.1 Å². The van der Waals surface area contributed by atoms with Gasteiger partial charge in [0, 0.05) is 6.21 Å². The number of nitrogens with two attached hydrogens (primary N) is 2. The van der Waals surface area contributed by atoms with E-state index in [-0.39, 0.29) is 22.9 Å². The van der Waals surface area contributed by atoms with E-state index < -0.39 is 5.60 Å². The predicted molar refractivity (Wildman–Crippen MR) is 112 cm³/mol. The van der Waals surface area contributed by atoms with Crippen molar-refractivity contribution in [2.75, 3.05) is 0 Å². The number of fused-ring (bicyclic) bond motifs is 5. The highest BCUT2D eigenvalue weighted by Crippen LogP contribution is 2.69. The normalized spacial score (nSPS) is 50.6. The topological polar surface area (TPSA) is 117 Å². The summed E-state index contributed by atoms with van der Waals surface area (Å²) in [7, 11) is 0. The van der Waals surface area contributed by atoms with E-state index in [9.17, 15) is 10.2 Å². The Kier molecular flexibility index (Phi) is 5.02. The van der Waals surface area contributed by atoms with Gasteiger partial charge in [-0.1, -0.05) is 13.8 Å². The molecule has 3 unspecified atom stereocenters. The summed E-state index contributed by atoms with van der Waals surface area (Å²) in [4.78, 5) is 0. The van der Waals surface area contributed by atoms with Crippen LogP contribution in [-0.2, 0) is 0 Å². The zero-order valence-electron chi connectivity index (χ0n) is 17.5. The van der Waals surface area contributed by atoms with Crippen LogP contribution in [0.1, 0.15) is 78.1 Å². The van der Waals surface area contributed by atoms with Crippen molar-refractivity contribution in [2.45, 2.75) is 89.8 Å². The Hall–Kier alpha value is -1.14. The summed E-state index contributed by atoms with van der Waals surface area (Å²) < 4.78 is 0. The molecule has 4 fully saturated rings. The third kappa shape index (κ3) is 2.90. The summed E-state index contributed by atoms with van der Waals surface area (Å²) in [6.45, 7) is 4.77. The van der Waals surface area contributed by atoms with Gasteiger partial charge in [-0.15, -0.1) is 5.10 Å². The average molecular weight is 391 g/mol. The Labute approximate surface area is 168 Å². The highest BCUT2D eigenvalue weighted by atomic mass is 16.3. The molecule has 0 bridgehead atoms. The van der Waals surface area contributed by atoms with Gasteiger partial charge in [-0.25, -0.2) is 0 Å². The summed E-state index contributed by atoms with van der Waals surface area (Å²) in [5.41, 5.74) is 10.3. The van der Waals surface area contributed by atoms with Gasteiger partial charge in [0.05, 0.1) is 11.7 Å². The van der Waals surface area contributed by atoms with Crippen molar-refractivity contribution < 1.29 is 10.2 Å². The van der Waals surface area contributed by atoms with E-state index in [1.165, 1.54) is 6.42 Å². The minimum atomic E-state index is -0.575. The second-order valence-corrected chi connectivity index (χ2v) is 10.6. The van der Waals surface area contributed by atoms with Crippen molar-refractivity contribution in [3.05, 3.63) is 0 Å². The molecule has 0 saturated heterocycles. The van der Waals surface area contributed by atoms with Crippen LogP contribution in [0.4, 0.5) is 0 Å². The first-order valence-electron chi connectivity index (χ1n) is 11.2. The molecule has 0 radical (unpaired) electrons. The van der Waals surface area contributed by atoms with E-state index in [1.54, 1.807) is 0 Å². The molecule has 4 aliphatic carbocycles. The van der Waals surface area contributed by atoms with Gasteiger partial charge >= 0.3 is 0 Å². The van der Waals surface area contributed by atoms with Crippen LogP contribution in [-0.4, -0.2) is 34.1 Å². The lowest BCUT2D eigenvalue weighted by atomic mass is 9.43. The maximum Gasteiger partial charge on any atom is 0.211 e. The standard InChI is InChI=1S/C22H38N4O2/c1-20-9-6-16(27)13-15(20)3-4-18-17(20)7-10-21(2)14(5-11-22(18,21)28)8-12-25-26-19(23)24/h12,14-18,27-28H,3-11,13H2,1-2H3,(H4,23,24,26)/b25-12+/t14?,15?,16?,17-,18-,20+,21-,22-/m1/s1.